The Morgan fingerprint density at radius 1 is 1.33 bits per heavy atom. The Kier molecular flexibility index (Phi) is 5.19. The zero-order valence-electron chi connectivity index (χ0n) is 11.6. The normalized spacial score (nSPS) is 11.8. The predicted octanol–water partition coefficient (Wildman–Crippen LogP) is 0.120. The van der Waals surface area contributed by atoms with Crippen molar-refractivity contribution in [3.05, 3.63) is 33.9 Å². The van der Waals surface area contributed by atoms with Crippen LogP contribution in [0.1, 0.15) is 24.2 Å². The Morgan fingerprint density at radius 3 is 2.38 bits per heavy atom. The van der Waals surface area contributed by atoms with E-state index in [4.69, 9.17) is 11.6 Å². The third-order valence-electron chi connectivity index (χ3n) is 2.88. The van der Waals surface area contributed by atoms with E-state index >= 15 is 0 Å². The highest BCUT2D eigenvalue weighted by Crippen LogP contribution is 2.27. The van der Waals surface area contributed by atoms with Gasteiger partial charge in [-0.15, -0.1) is 0 Å². The molecule has 0 aliphatic carbocycles. The fourth-order valence-corrected chi connectivity index (χ4v) is 1.83. The van der Waals surface area contributed by atoms with Gasteiger partial charge in [0, 0.05) is 0 Å². The highest BCUT2D eigenvalue weighted by molar-refractivity contribution is 6.02. The number of nitrogen functional groups attached to an aromatic ring is 1. The molecule has 1 unspecified atom stereocenters. The highest BCUT2D eigenvalue weighted by atomic mass is 16.6. The zero-order valence-corrected chi connectivity index (χ0v) is 11.6. The lowest BCUT2D eigenvalue weighted by molar-refractivity contribution is -0.384. The number of hydrazine groups is 1. The zero-order chi connectivity index (χ0) is 16.2. The minimum atomic E-state index is -0.924. The van der Waals surface area contributed by atoms with Gasteiger partial charge in [-0.3, -0.25) is 25.5 Å². The van der Waals surface area contributed by atoms with E-state index in [-0.39, 0.29) is 17.2 Å². The van der Waals surface area contributed by atoms with Gasteiger partial charge < -0.3 is 16.5 Å². The summed E-state index contributed by atoms with van der Waals surface area (Å²) in [6.45, 7) is 3.39. The van der Waals surface area contributed by atoms with Crippen LogP contribution in [0.25, 0.3) is 0 Å². The Balaban J connectivity index is 3.19. The summed E-state index contributed by atoms with van der Waals surface area (Å²) < 4.78 is 0. The molecule has 9 nitrogen and oxygen atoms in total. The molecule has 0 saturated heterocycles. The fraction of sp³-hybridized carbons (Fsp3) is 0.333. The maximum Gasteiger partial charge on any atom is 0.306 e. The van der Waals surface area contributed by atoms with E-state index in [9.17, 15) is 19.7 Å². The van der Waals surface area contributed by atoms with Crippen molar-refractivity contribution in [1.29, 1.82) is 0 Å². The second-order valence-corrected chi connectivity index (χ2v) is 4.70. The molecule has 0 spiro atoms. The molecule has 1 aromatic carbocycles. The van der Waals surface area contributed by atoms with Crippen molar-refractivity contribution in [2.45, 2.75) is 19.9 Å². The largest absolute Gasteiger partial charge is 0.368 e. The van der Waals surface area contributed by atoms with Gasteiger partial charge in [-0.2, -0.15) is 0 Å². The molecular formula is C12H17N5O4. The first-order valence-corrected chi connectivity index (χ1v) is 6.13. The quantitative estimate of drug-likeness (QED) is 0.332. The molecule has 9 heteroatoms. The Morgan fingerprint density at radius 2 is 1.95 bits per heavy atom. The number of nitrogens with zero attached hydrogens (tertiary/aromatic N) is 1. The average Bonchev–Trinajstić information content (AvgIpc) is 2.42. The minimum absolute atomic E-state index is 0.00665. The number of nitrogens with two attached hydrogens (primary N) is 2. The predicted molar refractivity (Wildman–Crippen MR) is 76.2 cm³/mol. The summed E-state index contributed by atoms with van der Waals surface area (Å²) in [5.41, 5.74) is 6.67. The maximum atomic E-state index is 12.2. The molecule has 0 fully saturated rings. The number of anilines is 1. The molecule has 0 aromatic heterocycles. The number of nitro groups is 1. The summed E-state index contributed by atoms with van der Waals surface area (Å²) in [4.78, 5) is 33.8. The van der Waals surface area contributed by atoms with Gasteiger partial charge in [0.2, 0.25) is 5.91 Å². The van der Waals surface area contributed by atoms with E-state index in [2.05, 4.69) is 10.7 Å². The SMILES string of the molecule is CC(C)C(NC(=O)c1cccc(NN)c1[N+](=O)[O-])C(N)=O. The topological polar surface area (TPSA) is 153 Å². The molecule has 0 bridgehead atoms. The van der Waals surface area contributed by atoms with Crippen LogP contribution in [0.15, 0.2) is 18.2 Å². The number of nitrogens with one attached hydrogen (secondary N) is 2. The van der Waals surface area contributed by atoms with Gasteiger partial charge in [0.1, 0.15) is 17.3 Å². The van der Waals surface area contributed by atoms with Gasteiger partial charge in [-0.25, -0.2) is 0 Å². The van der Waals surface area contributed by atoms with Gasteiger partial charge >= 0.3 is 5.69 Å². The number of primary amides is 1. The van der Waals surface area contributed by atoms with Crippen molar-refractivity contribution in [2.75, 3.05) is 5.43 Å². The molecule has 6 N–H and O–H groups in total. The smallest absolute Gasteiger partial charge is 0.306 e. The van der Waals surface area contributed by atoms with E-state index in [0.717, 1.165) is 0 Å². The second kappa shape index (κ2) is 6.66. The van der Waals surface area contributed by atoms with Gasteiger partial charge in [-0.05, 0) is 18.1 Å². The first kappa shape index (κ1) is 16.4. The number of carbonyl (C=O) groups excluding carboxylic acids is 2. The van der Waals surface area contributed by atoms with Crippen LogP contribution < -0.4 is 22.3 Å². The monoisotopic (exact) mass is 295 g/mol. The molecule has 1 atom stereocenters. The number of hydrogen-bond donors (Lipinski definition) is 4. The summed E-state index contributed by atoms with van der Waals surface area (Å²) in [5.74, 6) is 3.47. The van der Waals surface area contributed by atoms with Crippen LogP contribution in [0.5, 0.6) is 0 Å². The number of para-hydroxylation sites is 1. The van der Waals surface area contributed by atoms with Crippen LogP contribution in [0, 0.1) is 16.0 Å². The second-order valence-electron chi connectivity index (χ2n) is 4.70. The van der Waals surface area contributed by atoms with Crippen LogP contribution in [-0.4, -0.2) is 22.8 Å². The summed E-state index contributed by atoms with van der Waals surface area (Å²) in [5, 5.41) is 13.5. The van der Waals surface area contributed by atoms with E-state index in [1.807, 2.05) is 0 Å². The molecule has 2 amide bonds. The van der Waals surface area contributed by atoms with Crippen LogP contribution >= 0.6 is 0 Å². The van der Waals surface area contributed by atoms with Crippen molar-refractivity contribution in [1.82, 2.24) is 5.32 Å². The van der Waals surface area contributed by atoms with E-state index in [1.165, 1.54) is 18.2 Å². The Hall–Kier alpha value is -2.68. The van der Waals surface area contributed by atoms with Crippen molar-refractivity contribution < 1.29 is 14.5 Å². The molecule has 0 heterocycles. The summed E-state index contributed by atoms with van der Waals surface area (Å²) >= 11 is 0. The van der Waals surface area contributed by atoms with Crippen LogP contribution in [0.2, 0.25) is 0 Å². The molecular weight excluding hydrogens is 278 g/mol. The molecule has 21 heavy (non-hydrogen) atoms. The third kappa shape index (κ3) is 3.66. The van der Waals surface area contributed by atoms with Gasteiger partial charge in [-0.1, -0.05) is 19.9 Å². The maximum absolute atomic E-state index is 12.2. The number of amides is 2. The first-order valence-electron chi connectivity index (χ1n) is 6.13. The van der Waals surface area contributed by atoms with Crippen molar-refractivity contribution >= 4 is 23.2 Å². The van der Waals surface area contributed by atoms with E-state index in [1.54, 1.807) is 13.8 Å². The number of nitro benzene ring substituents is 1. The molecule has 114 valence electrons. The molecule has 1 rings (SSSR count). The number of carbonyl (C=O) groups is 2. The summed E-state index contributed by atoms with van der Waals surface area (Å²) in [7, 11) is 0. The molecule has 0 aliphatic heterocycles. The minimum Gasteiger partial charge on any atom is -0.368 e. The van der Waals surface area contributed by atoms with Gasteiger partial charge in [0.05, 0.1) is 4.92 Å². The Bertz CT molecular complexity index is 573. The molecule has 1 aromatic rings. The standard InChI is InChI=1S/C12H17N5O4/c1-6(2)9(11(13)18)15-12(19)7-4-3-5-8(16-14)10(7)17(20)21/h3-6,9,16H,14H2,1-2H3,(H2,13,18)(H,15,19). The lowest BCUT2D eigenvalue weighted by Gasteiger charge is -2.19. The van der Waals surface area contributed by atoms with Crippen LogP contribution in [0.3, 0.4) is 0 Å². The third-order valence-corrected chi connectivity index (χ3v) is 2.88. The summed E-state index contributed by atoms with van der Waals surface area (Å²) in [6.07, 6.45) is 0. The highest BCUT2D eigenvalue weighted by Gasteiger charge is 2.28. The lowest BCUT2D eigenvalue weighted by atomic mass is 10.0. The molecule has 0 aliphatic rings. The van der Waals surface area contributed by atoms with Crippen molar-refractivity contribution in [2.24, 2.45) is 17.5 Å². The van der Waals surface area contributed by atoms with Gasteiger partial charge in [0.15, 0.2) is 0 Å². The van der Waals surface area contributed by atoms with Crippen LogP contribution in [0.4, 0.5) is 11.4 Å². The van der Waals surface area contributed by atoms with E-state index in [0.29, 0.717) is 0 Å². The average molecular weight is 295 g/mol. The fourth-order valence-electron chi connectivity index (χ4n) is 1.83. The van der Waals surface area contributed by atoms with E-state index < -0.39 is 28.5 Å². The van der Waals surface area contributed by atoms with Crippen molar-refractivity contribution in [3.63, 3.8) is 0 Å². The lowest BCUT2D eigenvalue weighted by Crippen LogP contribution is -2.47. The summed E-state index contributed by atoms with van der Waals surface area (Å²) in [6, 6.07) is 3.15. The Labute approximate surface area is 120 Å². The molecule has 0 saturated carbocycles. The number of rotatable bonds is 6. The number of benzene rings is 1. The van der Waals surface area contributed by atoms with Crippen molar-refractivity contribution in [3.8, 4) is 0 Å². The molecule has 0 radical (unpaired) electrons. The number of hydrogen-bond acceptors (Lipinski definition) is 6. The van der Waals surface area contributed by atoms with Crippen LogP contribution in [-0.2, 0) is 4.79 Å². The van der Waals surface area contributed by atoms with Gasteiger partial charge in [0.25, 0.3) is 5.91 Å². The first-order chi connectivity index (χ1) is 9.79.